The van der Waals surface area contributed by atoms with Crippen molar-refractivity contribution in [3.05, 3.63) is 23.8 Å². The second kappa shape index (κ2) is 7.63. The van der Waals surface area contributed by atoms with E-state index in [4.69, 9.17) is 9.47 Å². The van der Waals surface area contributed by atoms with Gasteiger partial charge in [-0.25, -0.2) is 4.79 Å². The fraction of sp³-hybridized carbons (Fsp3) is 0.556. The lowest BCUT2D eigenvalue weighted by atomic mass is 10.1. The van der Waals surface area contributed by atoms with Gasteiger partial charge in [-0.1, -0.05) is 13.8 Å². The van der Waals surface area contributed by atoms with Gasteiger partial charge >= 0.3 is 6.03 Å². The van der Waals surface area contributed by atoms with Crippen molar-refractivity contribution in [3.8, 4) is 11.5 Å². The van der Waals surface area contributed by atoms with Crippen molar-refractivity contribution >= 4 is 11.9 Å². The van der Waals surface area contributed by atoms with Gasteiger partial charge in [0, 0.05) is 38.3 Å². The van der Waals surface area contributed by atoms with Gasteiger partial charge in [-0.3, -0.25) is 4.79 Å². The monoisotopic (exact) mass is 347 g/mol. The molecule has 0 spiro atoms. The molecule has 0 radical (unpaired) electrons. The number of nitrogens with zero attached hydrogens (tertiary/aromatic N) is 2. The largest absolute Gasteiger partial charge is 0.454 e. The van der Waals surface area contributed by atoms with Gasteiger partial charge in [-0.2, -0.15) is 0 Å². The SMILES string of the molecule is CC(C)CNC(=O)N1CCCN(C(=O)c2ccc3c(c2)OCO3)CC1. The molecule has 3 amide bonds. The molecule has 1 aromatic rings. The van der Waals surface area contributed by atoms with Crippen molar-refractivity contribution in [1.82, 2.24) is 15.1 Å². The third-order valence-electron chi connectivity index (χ3n) is 4.35. The molecule has 0 aromatic heterocycles. The summed E-state index contributed by atoms with van der Waals surface area (Å²) in [6, 6.07) is 5.20. The van der Waals surface area contributed by atoms with Crippen molar-refractivity contribution in [2.75, 3.05) is 39.5 Å². The Hall–Kier alpha value is -2.44. The fourth-order valence-corrected chi connectivity index (χ4v) is 2.94. The molecule has 0 unspecified atom stereocenters. The first-order chi connectivity index (χ1) is 12.0. The van der Waals surface area contributed by atoms with Gasteiger partial charge in [-0.15, -0.1) is 0 Å². The molecule has 1 aromatic carbocycles. The lowest BCUT2D eigenvalue weighted by Gasteiger charge is -2.23. The van der Waals surface area contributed by atoms with E-state index in [1.54, 1.807) is 28.0 Å². The number of carbonyl (C=O) groups excluding carboxylic acids is 2. The normalized spacial score (nSPS) is 16.8. The molecule has 25 heavy (non-hydrogen) atoms. The summed E-state index contributed by atoms with van der Waals surface area (Å²) < 4.78 is 10.6. The molecule has 2 heterocycles. The average molecular weight is 347 g/mol. The smallest absolute Gasteiger partial charge is 0.317 e. The average Bonchev–Trinajstić information content (AvgIpc) is 2.93. The Labute approximate surface area is 147 Å². The van der Waals surface area contributed by atoms with Gasteiger partial charge in [0.15, 0.2) is 11.5 Å². The van der Waals surface area contributed by atoms with E-state index in [-0.39, 0.29) is 18.7 Å². The molecule has 0 bridgehead atoms. The molecule has 1 N–H and O–H groups in total. The molecule has 136 valence electrons. The molecule has 1 fully saturated rings. The van der Waals surface area contributed by atoms with Crippen LogP contribution in [-0.4, -0.2) is 61.3 Å². The number of amides is 3. The highest BCUT2D eigenvalue weighted by Gasteiger charge is 2.24. The van der Waals surface area contributed by atoms with Crippen LogP contribution in [0.25, 0.3) is 0 Å². The van der Waals surface area contributed by atoms with Crippen molar-refractivity contribution in [2.24, 2.45) is 5.92 Å². The third kappa shape index (κ3) is 4.15. The van der Waals surface area contributed by atoms with Crippen molar-refractivity contribution in [2.45, 2.75) is 20.3 Å². The van der Waals surface area contributed by atoms with Crippen LogP contribution in [0.4, 0.5) is 4.79 Å². The Balaban J connectivity index is 1.59. The second-order valence-electron chi connectivity index (χ2n) is 6.78. The number of nitrogens with one attached hydrogen (secondary N) is 1. The van der Waals surface area contributed by atoms with Crippen LogP contribution in [-0.2, 0) is 0 Å². The molecule has 0 atom stereocenters. The molecule has 7 heteroatoms. The zero-order chi connectivity index (χ0) is 17.8. The highest BCUT2D eigenvalue weighted by atomic mass is 16.7. The number of hydrogen-bond donors (Lipinski definition) is 1. The fourth-order valence-electron chi connectivity index (χ4n) is 2.94. The van der Waals surface area contributed by atoms with Crippen molar-refractivity contribution in [1.29, 1.82) is 0 Å². The maximum absolute atomic E-state index is 12.8. The molecular weight excluding hydrogens is 322 g/mol. The van der Waals surface area contributed by atoms with E-state index in [1.807, 2.05) is 0 Å². The van der Waals surface area contributed by atoms with E-state index >= 15 is 0 Å². The molecule has 2 aliphatic heterocycles. The maximum Gasteiger partial charge on any atom is 0.317 e. The van der Waals surface area contributed by atoms with Crippen molar-refractivity contribution in [3.63, 3.8) is 0 Å². The van der Waals surface area contributed by atoms with Gasteiger partial charge in [0.05, 0.1) is 0 Å². The Bertz CT molecular complexity index is 647. The van der Waals surface area contributed by atoms with E-state index in [0.29, 0.717) is 55.7 Å². The summed E-state index contributed by atoms with van der Waals surface area (Å²) in [4.78, 5) is 28.6. The Morgan fingerprint density at radius 2 is 1.80 bits per heavy atom. The number of urea groups is 1. The number of benzene rings is 1. The van der Waals surface area contributed by atoms with Gasteiger partial charge in [-0.05, 0) is 30.5 Å². The predicted octanol–water partition coefficient (Wildman–Crippen LogP) is 1.93. The molecule has 2 aliphatic rings. The van der Waals surface area contributed by atoms with E-state index in [0.717, 1.165) is 6.42 Å². The summed E-state index contributed by atoms with van der Waals surface area (Å²) in [6.07, 6.45) is 0.769. The first kappa shape index (κ1) is 17.4. The number of carbonyl (C=O) groups is 2. The van der Waals surface area contributed by atoms with Gasteiger partial charge in [0.1, 0.15) is 0 Å². The highest BCUT2D eigenvalue weighted by Crippen LogP contribution is 2.32. The van der Waals surface area contributed by atoms with Crippen LogP contribution in [0.5, 0.6) is 11.5 Å². The zero-order valence-corrected chi connectivity index (χ0v) is 14.8. The lowest BCUT2D eigenvalue weighted by molar-refractivity contribution is 0.0762. The van der Waals surface area contributed by atoms with Crippen molar-refractivity contribution < 1.29 is 19.1 Å². The van der Waals surface area contributed by atoms with Crippen LogP contribution < -0.4 is 14.8 Å². The minimum absolute atomic E-state index is 0.0391. The molecule has 1 saturated heterocycles. The Kier molecular flexibility index (Phi) is 5.31. The molecule has 3 rings (SSSR count). The van der Waals surface area contributed by atoms with Crippen LogP contribution in [0.2, 0.25) is 0 Å². The van der Waals surface area contributed by atoms with Crippen LogP contribution in [0.15, 0.2) is 18.2 Å². The molecular formula is C18H25N3O4. The number of ether oxygens (including phenoxy) is 2. The van der Waals surface area contributed by atoms with Gasteiger partial charge in [0.25, 0.3) is 5.91 Å². The number of rotatable bonds is 3. The van der Waals surface area contributed by atoms with Crippen LogP contribution in [0, 0.1) is 5.92 Å². The second-order valence-corrected chi connectivity index (χ2v) is 6.78. The predicted molar refractivity (Wildman–Crippen MR) is 92.9 cm³/mol. The van der Waals surface area contributed by atoms with Gasteiger partial charge < -0.3 is 24.6 Å². The van der Waals surface area contributed by atoms with E-state index in [2.05, 4.69) is 19.2 Å². The van der Waals surface area contributed by atoms with E-state index in [1.165, 1.54) is 0 Å². The standard InChI is InChI=1S/C18H25N3O4/c1-13(2)11-19-18(23)21-7-3-6-20(8-9-21)17(22)14-4-5-15-16(10-14)25-12-24-15/h4-5,10,13H,3,6-9,11-12H2,1-2H3,(H,19,23). The minimum Gasteiger partial charge on any atom is -0.454 e. The summed E-state index contributed by atoms with van der Waals surface area (Å²) in [5.74, 6) is 1.65. The summed E-state index contributed by atoms with van der Waals surface area (Å²) in [5, 5.41) is 2.94. The summed E-state index contributed by atoms with van der Waals surface area (Å²) >= 11 is 0. The minimum atomic E-state index is -0.0499. The summed E-state index contributed by atoms with van der Waals surface area (Å²) in [6.45, 7) is 7.36. The van der Waals surface area contributed by atoms with Crippen LogP contribution in [0.3, 0.4) is 0 Å². The highest BCUT2D eigenvalue weighted by molar-refractivity contribution is 5.95. The molecule has 0 aliphatic carbocycles. The topological polar surface area (TPSA) is 71.1 Å². The van der Waals surface area contributed by atoms with Gasteiger partial charge in [0.2, 0.25) is 6.79 Å². The molecule has 0 saturated carbocycles. The lowest BCUT2D eigenvalue weighted by Crippen LogP contribution is -2.43. The maximum atomic E-state index is 12.8. The number of hydrogen-bond acceptors (Lipinski definition) is 4. The van der Waals surface area contributed by atoms with E-state index in [9.17, 15) is 9.59 Å². The first-order valence-corrected chi connectivity index (χ1v) is 8.76. The Morgan fingerprint density at radius 1 is 1.08 bits per heavy atom. The Morgan fingerprint density at radius 3 is 2.60 bits per heavy atom. The van der Waals surface area contributed by atoms with Crippen LogP contribution in [0.1, 0.15) is 30.6 Å². The first-order valence-electron chi connectivity index (χ1n) is 8.76. The molecule has 7 nitrogen and oxygen atoms in total. The quantitative estimate of drug-likeness (QED) is 0.907. The van der Waals surface area contributed by atoms with E-state index < -0.39 is 0 Å². The van der Waals surface area contributed by atoms with Crippen LogP contribution >= 0.6 is 0 Å². The summed E-state index contributed by atoms with van der Waals surface area (Å²) in [7, 11) is 0. The summed E-state index contributed by atoms with van der Waals surface area (Å²) in [5.41, 5.74) is 0.585. The number of fused-ring (bicyclic) bond motifs is 1. The zero-order valence-electron chi connectivity index (χ0n) is 14.8. The third-order valence-corrected chi connectivity index (χ3v) is 4.35.